The van der Waals surface area contributed by atoms with Crippen molar-refractivity contribution in [1.29, 1.82) is 0 Å². The summed E-state index contributed by atoms with van der Waals surface area (Å²) in [4.78, 5) is 24.7. The van der Waals surface area contributed by atoms with Crippen LogP contribution in [-0.2, 0) is 27.5 Å². The van der Waals surface area contributed by atoms with Crippen LogP contribution in [0.15, 0.2) is 72.8 Å². The molecule has 1 heterocycles. The van der Waals surface area contributed by atoms with Gasteiger partial charge in [0.05, 0.1) is 6.61 Å². The van der Waals surface area contributed by atoms with Gasteiger partial charge in [0.25, 0.3) is 5.91 Å². The van der Waals surface area contributed by atoms with Crippen molar-refractivity contribution in [2.45, 2.75) is 32.5 Å². The van der Waals surface area contributed by atoms with Crippen molar-refractivity contribution in [3.8, 4) is 5.75 Å². The number of fused-ring (bicyclic) bond motifs is 1. The van der Waals surface area contributed by atoms with Gasteiger partial charge in [0.15, 0.2) is 0 Å². The van der Waals surface area contributed by atoms with E-state index in [1.807, 2.05) is 30.3 Å². The second-order valence-corrected chi connectivity index (χ2v) is 7.39. The SMILES string of the molecule is C[C@H](NC(=O)c1ccccc1)C(=O)OCc1cc(F)cc2c1O[C@H](c1ccccc1)OC2. The summed E-state index contributed by atoms with van der Waals surface area (Å²) in [6.07, 6.45) is -0.646. The summed E-state index contributed by atoms with van der Waals surface area (Å²) in [6, 6.07) is 19.7. The van der Waals surface area contributed by atoms with E-state index in [0.29, 0.717) is 22.4 Å². The standard InChI is InChI=1S/C25H22FNO5/c1-16(27-23(28)17-8-4-2-5-9-17)24(29)30-14-19-12-21(26)13-20-15-31-25(32-22(19)20)18-10-6-3-7-11-18/h2-13,16,25H,14-15H2,1H3,(H,27,28)/t16-,25+/m0/s1. The summed E-state index contributed by atoms with van der Waals surface area (Å²) < 4.78 is 31.1. The lowest BCUT2D eigenvalue weighted by Gasteiger charge is -2.28. The molecule has 1 aliphatic rings. The maximum Gasteiger partial charge on any atom is 0.328 e. The average Bonchev–Trinajstić information content (AvgIpc) is 2.83. The first-order valence-electron chi connectivity index (χ1n) is 10.2. The molecule has 1 N–H and O–H groups in total. The number of benzene rings is 3. The summed E-state index contributed by atoms with van der Waals surface area (Å²) in [6.45, 7) is 1.49. The normalized spacial score (nSPS) is 15.8. The summed E-state index contributed by atoms with van der Waals surface area (Å²) in [5, 5.41) is 2.60. The third-order valence-corrected chi connectivity index (χ3v) is 5.00. The predicted octanol–water partition coefficient (Wildman–Crippen LogP) is 4.30. The Balaban J connectivity index is 1.43. The van der Waals surface area contributed by atoms with E-state index in [2.05, 4.69) is 5.32 Å². The first-order chi connectivity index (χ1) is 15.5. The fraction of sp³-hybridized carbons (Fsp3) is 0.200. The van der Waals surface area contributed by atoms with E-state index >= 15 is 0 Å². The van der Waals surface area contributed by atoms with Crippen LogP contribution in [0.3, 0.4) is 0 Å². The average molecular weight is 435 g/mol. The molecule has 0 saturated carbocycles. The van der Waals surface area contributed by atoms with Crippen molar-refractivity contribution < 1.29 is 28.2 Å². The number of nitrogens with one attached hydrogen (secondary N) is 1. The van der Waals surface area contributed by atoms with Crippen molar-refractivity contribution in [1.82, 2.24) is 5.32 Å². The number of hydrogen-bond donors (Lipinski definition) is 1. The van der Waals surface area contributed by atoms with Crippen molar-refractivity contribution in [3.05, 3.63) is 101 Å². The zero-order valence-corrected chi connectivity index (χ0v) is 17.4. The number of rotatable bonds is 6. The number of carbonyl (C=O) groups is 2. The van der Waals surface area contributed by atoms with Gasteiger partial charge in [0, 0.05) is 22.3 Å². The molecule has 0 radical (unpaired) electrons. The second kappa shape index (κ2) is 9.62. The monoisotopic (exact) mass is 435 g/mol. The maximum absolute atomic E-state index is 14.1. The van der Waals surface area contributed by atoms with E-state index < -0.39 is 24.1 Å². The minimum atomic E-state index is -0.881. The van der Waals surface area contributed by atoms with Gasteiger partial charge in [-0.25, -0.2) is 9.18 Å². The molecule has 32 heavy (non-hydrogen) atoms. The molecule has 7 heteroatoms. The molecule has 3 aromatic rings. The largest absolute Gasteiger partial charge is 0.460 e. The molecule has 1 amide bonds. The Hall–Kier alpha value is -3.71. The summed E-state index contributed by atoms with van der Waals surface area (Å²) >= 11 is 0. The summed E-state index contributed by atoms with van der Waals surface area (Å²) in [7, 11) is 0. The van der Waals surface area contributed by atoms with Gasteiger partial charge in [-0.15, -0.1) is 0 Å². The smallest absolute Gasteiger partial charge is 0.328 e. The first-order valence-corrected chi connectivity index (χ1v) is 10.2. The Kier molecular flexibility index (Phi) is 6.47. The Bertz CT molecular complexity index is 1100. The maximum atomic E-state index is 14.1. The van der Waals surface area contributed by atoms with Gasteiger partial charge >= 0.3 is 5.97 Å². The molecular weight excluding hydrogens is 413 g/mol. The van der Waals surface area contributed by atoms with Crippen LogP contribution in [0.1, 0.15) is 40.3 Å². The van der Waals surface area contributed by atoms with Gasteiger partial charge in [-0.05, 0) is 31.2 Å². The van der Waals surface area contributed by atoms with E-state index in [0.717, 1.165) is 5.56 Å². The molecule has 3 aromatic carbocycles. The van der Waals surface area contributed by atoms with Crippen molar-refractivity contribution in [3.63, 3.8) is 0 Å². The topological polar surface area (TPSA) is 73.9 Å². The highest BCUT2D eigenvalue weighted by atomic mass is 19.1. The number of carbonyl (C=O) groups excluding carboxylic acids is 2. The molecule has 4 rings (SSSR count). The van der Waals surface area contributed by atoms with Crippen molar-refractivity contribution >= 4 is 11.9 Å². The highest BCUT2D eigenvalue weighted by molar-refractivity contribution is 5.96. The molecule has 2 atom stereocenters. The molecule has 164 valence electrons. The molecule has 0 aromatic heterocycles. The van der Waals surface area contributed by atoms with Crippen LogP contribution < -0.4 is 10.1 Å². The highest BCUT2D eigenvalue weighted by Gasteiger charge is 2.26. The molecule has 0 aliphatic carbocycles. The minimum Gasteiger partial charge on any atom is -0.460 e. The van der Waals surface area contributed by atoms with Crippen LogP contribution in [0, 0.1) is 5.82 Å². The van der Waals surface area contributed by atoms with Crippen molar-refractivity contribution in [2.75, 3.05) is 0 Å². The number of esters is 1. The molecule has 0 fully saturated rings. The molecular formula is C25H22FNO5. The quantitative estimate of drug-likeness (QED) is 0.585. The van der Waals surface area contributed by atoms with E-state index in [1.54, 1.807) is 30.3 Å². The van der Waals surface area contributed by atoms with Gasteiger partial charge < -0.3 is 19.5 Å². The molecule has 0 saturated heterocycles. The molecule has 6 nitrogen and oxygen atoms in total. The zero-order valence-electron chi connectivity index (χ0n) is 17.4. The first kappa shape index (κ1) is 21.5. The fourth-order valence-electron chi connectivity index (χ4n) is 3.36. The molecule has 0 unspecified atom stereocenters. The molecule has 1 aliphatic heterocycles. The number of ether oxygens (including phenoxy) is 3. The Labute approximate surface area is 184 Å². The predicted molar refractivity (Wildman–Crippen MR) is 114 cm³/mol. The minimum absolute atomic E-state index is 0.164. The third-order valence-electron chi connectivity index (χ3n) is 5.00. The van der Waals surface area contributed by atoms with Crippen LogP contribution in [-0.4, -0.2) is 17.9 Å². The fourth-order valence-corrected chi connectivity index (χ4v) is 3.36. The Morgan fingerprint density at radius 2 is 1.78 bits per heavy atom. The number of amides is 1. The molecule has 0 bridgehead atoms. The zero-order chi connectivity index (χ0) is 22.5. The van der Waals surface area contributed by atoms with Gasteiger partial charge in [-0.3, -0.25) is 4.79 Å². The van der Waals surface area contributed by atoms with Crippen molar-refractivity contribution in [2.24, 2.45) is 0 Å². The van der Waals surface area contributed by atoms with Gasteiger partial charge in [0.1, 0.15) is 24.2 Å². The Morgan fingerprint density at radius 1 is 1.09 bits per heavy atom. The van der Waals surface area contributed by atoms with Gasteiger partial charge in [-0.2, -0.15) is 0 Å². The lowest BCUT2D eigenvalue weighted by molar-refractivity contribution is -0.147. The highest BCUT2D eigenvalue weighted by Crippen LogP contribution is 2.36. The number of halogens is 1. The summed E-state index contributed by atoms with van der Waals surface area (Å²) in [5.41, 5.74) is 2.18. The van der Waals surface area contributed by atoms with Crippen LogP contribution >= 0.6 is 0 Å². The second-order valence-electron chi connectivity index (χ2n) is 7.39. The van der Waals surface area contributed by atoms with Crippen LogP contribution in [0.25, 0.3) is 0 Å². The van der Waals surface area contributed by atoms with Gasteiger partial charge in [-0.1, -0.05) is 48.5 Å². The van der Waals surface area contributed by atoms with Crippen LogP contribution in [0.4, 0.5) is 4.39 Å². The lowest BCUT2D eigenvalue weighted by Crippen LogP contribution is -2.39. The molecule has 0 spiro atoms. The van der Waals surface area contributed by atoms with Crippen LogP contribution in [0.5, 0.6) is 5.75 Å². The van der Waals surface area contributed by atoms with E-state index in [4.69, 9.17) is 14.2 Å². The van der Waals surface area contributed by atoms with Crippen LogP contribution in [0.2, 0.25) is 0 Å². The third kappa shape index (κ3) is 4.95. The van der Waals surface area contributed by atoms with E-state index in [9.17, 15) is 14.0 Å². The van der Waals surface area contributed by atoms with E-state index in [-0.39, 0.29) is 19.1 Å². The summed E-state index contributed by atoms with van der Waals surface area (Å²) in [5.74, 6) is -1.07. The lowest BCUT2D eigenvalue weighted by atomic mass is 10.1. The van der Waals surface area contributed by atoms with Gasteiger partial charge in [0.2, 0.25) is 6.29 Å². The Morgan fingerprint density at radius 3 is 2.50 bits per heavy atom. The number of hydrogen-bond acceptors (Lipinski definition) is 5. The van der Waals surface area contributed by atoms with E-state index in [1.165, 1.54) is 19.1 Å².